The van der Waals surface area contributed by atoms with Gasteiger partial charge in [-0.3, -0.25) is 4.79 Å². The summed E-state index contributed by atoms with van der Waals surface area (Å²) >= 11 is 7.42. The van der Waals surface area contributed by atoms with E-state index in [4.69, 9.17) is 11.6 Å². The zero-order valence-corrected chi connectivity index (χ0v) is 17.8. The Kier molecular flexibility index (Phi) is 6.12. The number of aromatic carboxylic acids is 1. The molecule has 0 radical (unpaired) electrons. The van der Waals surface area contributed by atoms with Gasteiger partial charge in [-0.1, -0.05) is 29.8 Å². The number of nitrogens with zero attached hydrogens (tertiary/aromatic N) is 1. The van der Waals surface area contributed by atoms with Crippen LogP contribution < -0.4 is 5.32 Å². The number of fused-ring (bicyclic) bond motifs is 1. The lowest BCUT2D eigenvalue weighted by atomic mass is 9.99. The van der Waals surface area contributed by atoms with Crippen LogP contribution in [0.15, 0.2) is 30.3 Å². The second kappa shape index (κ2) is 8.41. The first-order valence-corrected chi connectivity index (χ1v) is 10.1. The maximum atomic E-state index is 12.2. The third kappa shape index (κ3) is 4.22. The van der Waals surface area contributed by atoms with Crippen molar-refractivity contribution in [3.63, 3.8) is 0 Å². The monoisotopic (exact) mass is 432 g/mol. The molecule has 0 amide bonds. The predicted octanol–water partition coefficient (Wildman–Crippen LogP) is 4.83. The highest BCUT2D eigenvalue weighted by atomic mass is 35.5. The molecule has 0 fully saturated rings. The van der Waals surface area contributed by atoms with Crippen LogP contribution in [0.25, 0.3) is 10.1 Å². The summed E-state index contributed by atoms with van der Waals surface area (Å²) in [5.74, 6) is -1.46. The number of carbonyl (C=O) groups is 2. The fraction of sp³-hybridized carbons (Fsp3) is 0.238. The molecule has 8 heteroatoms. The van der Waals surface area contributed by atoms with E-state index >= 15 is 0 Å². The van der Waals surface area contributed by atoms with E-state index in [1.807, 2.05) is 37.2 Å². The molecule has 0 spiro atoms. The molecule has 0 atom stereocenters. The van der Waals surface area contributed by atoms with Crippen molar-refractivity contribution in [1.82, 2.24) is 4.90 Å². The number of benzene rings is 2. The predicted molar refractivity (Wildman–Crippen MR) is 117 cm³/mol. The number of phenolic OH excluding ortho intramolecular Hbond substituents is 1. The zero-order chi connectivity index (χ0) is 21.3. The molecule has 1 aromatic heterocycles. The first-order chi connectivity index (χ1) is 13.7. The Hall–Kier alpha value is -2.61. The van der Waals surface area contributed by atoms with Gasteiger partial charge in [0.1, 0.15) is 16.3 Å². The van der Waals surface area contributed by atoms with Gasteiger partial charge in [-0.2, -0.15) is 0 Å². The van der Waals surface area contributed by atoms with Gasteiger partial charge in [-0.25, -0.2) is 4.79 Å². The normalized spacial score (nSPS) is 11.2. The molecule has 0 bridgehead atoms. The molecule has 152 valence electrons. The van der Waals surface area contributed by atoms with Crippen molar-refractivity contribution in [2.75, 3.05) is 19.4 Å². The Bertz CT molecular complexity index is 1110. The van der Waals surface area contributed by atoms with Crippen molar-refractivity contribution in [1.29, 1.82) is 0 Å². The molecule has 29 heavy (non-hydrogen) atoms. The second-order valence-electron chi connectivity index (χ2n) is 6.98. The van der Waals surface area contributed by atoms with Crippen LogP contribution in [-0.4, -0.2) is 41.0 Å². The van der Waals surface area contributed by atoms with Gasteiger partial charge in [0, 0.05) is 39.3 Å². The van der Waals surface area contributed by atoms with E-state index in [1.165, 1.54) is 24.3 Å². The third-order valence-electron chi connectivity index (χ3n) is 4.51. The van der Waals surface area contributed by atoms with Crippen molar-refractivity contribution in [2.24, 2.45) is 0 Å². The minimum Gasteiger partial charge on any atom is -0.508 e. The van der Waals surface area contributed by atoms with Gasteiger partial charge in [0.25, 0.3) is 0 Å². The lowest BCUT2D eigenvalue weighted by Gasteiger charge is -2.14. The van der Waals surface area contributed by atoms with Crippen molar-refractivity contribution in [2.45, 2.75) is 20.0 Å². The number of carboxylic acids is 1. The van der Waals surface area contributed by atoms with Crippen molar-refractivity contribution in [3.8, 4) is 5.75 Å². The van der Waals surface area contributed by atoms with E-state index < -0.39 is 5.97 Å². The Labute approximate surface area is 177 Å². The van der Waals surface area contributed by atoms with Gasteiger partial charge in [0.15, 0.2) is 5.78 Å². The molecule has 3 N–H and O–H groups in total. The third-order valence-corrected chi connectivity index (χ3v) is 6.08. The fourth-order valence-electron chi connectivity index (χ4n) is 3.21. The smallest absolute Gasteiger partial charge is 0.339 e. The standard InChI is InChI=1S/C21H21ClN2O4S/c1-11(25)13-8-16(26)14(10-24(2)3)19-17(13)18(21(27)28)20(29-19)23-9-12-6-4-5-7-15(12)22/h4-8,23,26H,9-10H2,1-3H3,(H,27,28). The topological polar surface area (TPSA) is 89.9 Å². The summed E-state index contributed by atoms with van der Waals surface area (Å²) in [4.78, 5) is 26.2. The van der Waals surface area contributed by atoms with Crippen LogP contribution in [0, 0.1) is 0 Å². The molecule has 6 nitrogen and oxygen atoms in total. The van der Waals surface area contributed by atoms with Crippen molar-refractivity contribution in [3.05, 3.63) is 57.6 Å². The maximum Gasteiger partial charge on any atom is 0.339 e. The molecule has 0 saturated carbocycles. The Morgan fingerprint density at radius 3 is 2.52 bits per heavy atom. The van der Waals surface area contributed by atoms with Gasteiger partial charge in [0.2, 0.25) is 0 Å². The quantitative estimate of drug-likeness (QED) is 0.463. The minimum atomic E-state index is -1.14. The summed E-state index contributed by atoms with van der Waals surface area (Å²) in [6, 6.07) is 8.66. The number of phenols is 1. The average molecular weight is 433 g/mol. The lowest BCUT2D eigenvalue weighted by Crippen LogP contribution is -2.11. The molecule has 0 aliphatic rings. The summed E-state index contributed by atoms with van der Waals surface area (Å²) in [7, 11) is 3.71. The van der Waals surface area contributed by atoms with E-state index in [0.29, 0.717) is 38.8 Å². The van der Waals surface area contributed by atoms with Crippen LogP contribution in [0.1, 0.15) is 38.8 Å². The Morgan fingerprint density at radius 2 is 1.93 bits per heavy atom. The number of hydrogen-bond donors (Lipinski definition) is 3. The molecular weight excluding hydrogens is 412 g/mol. The van der Waals surface area contributed by atoms with E-state index in [0.717, 1.165) is 5.56 Å². The minimum absolute atomic E-state index is 0.0211. The van der Waals surface area contributed by atoms with E-state index in [-0.39, 0.29) is 22.7 Å². The van der Waals surface area contributed by atoms with Gasteiger partial charge in [0.05, 0.1) is 0 Å². The molecular formula is C21H21ClN2O4S. The molecule has 2 aromatic carbocycles. The van der Waals surface area contributed by atoms with Crippen LogP contribution in [0.4, 0.5) is 5.00 Å². The molecule has 0 saturated heterocycles. The van der Waals surface area contributed by atoms with Gasteiger partial charge in [-0.05, 0) is 38.7 Å². The van der Waals surface area contributed by atoms with Crippen LogP contribution in [0.2, 0.25) is 5.02 Å². The fourth-order valence-corrected chi connectivity index (χ4v) is 4.65. The summed E-state index contributed by atoms with van der Waals surface area (Å²) in [5.41, 5.74) is 1.64. The van der Waals surface area contributed by atoms with E-state index in [9.17, 15) is 19.8 Å². The molecule has 0 aliphatic carbocycles. The number of hydrogen-bond acceptors (Lipinski definition) is 6. The maximum absolute atomic E-state index is 12.2. The van der Waals surface area contributed by atoms with Gasteiger partial charge >= 0.3 is 5.97 Å². The van der Waals surface area contributed by atoms with Crippen LogP contribution in [0.3, 0.4) is 0 Å². The average Bonchev–Trinajstić information content (AvgIpc) is 3.02. The van der Waals surface area contributed by atoms with Gasteiger partial charge < -0.3 is 20.4 Å². The van der Waals surface area contributed by atoms with Crippen LogP contribution in [-0.2, 0) is 13.1 Å². The van der Waals surface area contributed by atoms with Crippen molar-refractivity contribution < 1.29 is 19.8 Å². The Balaban J connectivity index is 2.21. The first-order valence-electron chi connectivity index (χ1n) is 8.88. The summed E-state index contributed by atoms with van der Waals surface area (Å²) < 4.78 is 0.586. The lowest BCUT2D eigenvalue weighted by molar-refractivity contribution is 0.0700. The number of anilines is 1. The van der Waals surface area contributed by atoms with E-state index in [2.05, 4.69) is 5.32 Å². The number of carboxylic acid groups (broad SMARTS) is 1. The SMILES string of the molecule is CC(=O)c1cc(O)c(CN(C)C)c2sc(NCc3ccccc3Cl)c(C(=O)O)c12. The number of ketones is 1. The largest absolute Gasteiger partial charge is 0.508 e. The molecule has 0 unspecified atom stereocenters. The van der Waals surface area contributed by atoms with Crippen molar-refractivity contribution >= 4 is 49.8 Å². The first kappa shape index (κ1) is 21.1. The van der Waals surface area contributed by atoms with Gasteiger partial charge in [-0.15, -0.1) is 11.3 Å². The zero-order valence-electron chi connectivity index (χ0n) is 16.2. The number of halogens is 1. The summed E-state index contributed by atoms with van der Waals surface area (Å²) in [6.07, 6.45) is 0. The highest BCUT2D eigenvalue weighted by Gasteiger charge is 2.26. The number of Topliss-reactive ketones (excluding diaryl/α,β-unsaturated/α-hetero) is 1. The highest BCUT2D eigenvalue weighted by Crippen LogP contribution is 2.43. The molecule has 3 rings (SSSR count). The summed E-state index contributed by atoms with van der Waals surface area (Å²) in [5, 5.41) is 24.9. The molecule has 1 heterocycles. The molecule has 0 aliphatic heterocycles. The number of nitrogens with one attached hydrogen (secondary N) is 1. The number of thiophene rings is 1. The second-order valence-corrected chi connectivity index (χ2v) is 8.40. The van der Waals surface area contributed by atoms with E-state index in [1.54, 1.807) is 6.07 Å². The summed E-state index contributed by atoms with van der Waals surface area (Å²) in [6.45, 7) is 2.10. The highest BCUT2D eigenvalue weighted by molar-refractivity contribution is 7.23. The number of aromatic hydroxyl groups is 1. The number of rotatable bonds is 7. The molecule has 3 aromatic rings. The van der Waals surface area contributed by atoms with Crippen LogP contribution >= 0.6 is 22.9 Å². The van der Waals surface area contributed by atoms with Crippen LogP contribution in [0.5, 0.6) is 5.75 Å². The number of carbonyl (C=O) groups excluding carboxylic acids is 1. The Morgan fingerprint density at radius 1 is 1.24 bits per heavy atom.